The predicted molar refractivity (Wildman–Crippen MR) is 63.6 cm³/mol. The first-order valence-electron chi connectivity index (χ1n) is 5.90. The first kappa shape index (κ1) is 11.6. The van der Waals surface area contributed by atoms with Crippen LogP contribution < -0.4 is 0 Å². The Morgan fingerprint density at radius 1 is 1.33 bits per heavy atom. The van der Waals surface area contributed by atoms with E-state index in [1.807, 2.05) is 36.4 Å². The van der Waals surface area contributed by atoms with Crippen LogP contribution >= 0.6 is 0 Å². The fourth-order valence-corrected chi connectivity index (χ4v) is 2.46. The largest absolute Gasteiger partial charge is 0.327 e. The molecule has 0 spiro atoms. The van der Waals surface area contributed by atoms with Crippen LogP contribution in [0, 0.1) is 0 Å². The Hall–Kier alpha value is -1.49. The first-order chi connectivity index (χ1) is 8.79. The molecule has 3 rings (SSSR count). The van der Waals surface area contributed by atoms with E-state index in [-0.39, 0.29) is 12.2 Å². The molecular weight excluding hydrogens is 232 g/mol. The maximum atomic E-state index is 10.9. The zero-order valence-electron chi connectivity index (χ0n) is 10.0. The predicted octanol–water partition coefficient (Wildman–Crippen LogP) is 1.76. The molecular formula is C14H14O4. The second kappa shape index (κ2) is 4.31. The molecule has 0 saturated carbocycles. The summed E-state index contributed by atoms with van der Waals surface area (Å²) in [5.74, 6) is -1.20. The van der Waals surface area contributed by atoms with Gasteiger partial charge in [-0.25, -0.2) is 0 Å². The minimum atomic E-state index is -1.20. The van der Waals surface area contributed by atoms with Gasteiger partial charge in [0.2, 0.25) is 0 Å². The second-order valence-corrected chi connectivity index (χ2v) is 4.38. The summed E-state index contributed by atoms with van der Waals surface area (Å²) in [5.41, 5.74) is 1.43. The van der Waals surface area contributed by atoms with Gasteiger partial charge in [-0.05, 0) is 6.42 Å². The average molecular weight is 246 g/mol. The van der Waals surface area contributed by atoms with Crippen molar-refractivity contribution in [1.29, 1.82) is 0 Å². The van der Waals surface area contributed by atoms with Crippen molar-refractivity contribution in [3.05, 3.63) is 47.5 Å². The van der Waals surface area contributed by atoms with Crippen molar-refractivity contribution in [1.82, 2.24) is 0 Å². The molecule has 1 aromatic rings. The Labute approximate surface area is 105 Å². The van der Waals surface area contributed by atoms with Crippen molar-refractivity contribution in [3.8, 4) is 0 Å². The summed E-state index contributed by atoms with van der Waals surface area (Å²) >= 11 is 0. The molecule has 1 heterocycles. The molecule has 1 aliphatic heterocycles. The lowest BCUT2D eigenvalue weighted by Crippen LogP contribution is -2.31. The van der Waals surface area contributed by atoms with E-state index in [1.165, 1.54) is 0 Å². The van der Waals surface area contributed by atoms with Crippen molar-refractivity contribution in [2.24, 2.45) is 0 Å². The number of aldehydes is 1. The smallest absolute Gasteiger partial charge is 0.312 e. The standard InChI is InChI=1S/C14H14O4/c1-16-14(11-5-3-2-4-6-11)17-12-8-7-10(9-15)13(12)18-14/h2-7,9,12-13H,8H2,1H3. The molecule has 4 nitrogen and oxygen atoms in total. The van der Waals surface area contributed by atoms with E-state index < -0.39 is 5.97 Å². The van der Waals surface area contributed by atoms with Gasteiger partial charge in [-0.3, -0.25) is 4.79 Å². The summed E-state index contributed by atoms with van der Waals surface area (Å²) in [7, 11) is 1.54. The van der Waals surface area contributed by atoms with Gasteiger partial charge in [-0.1, -0.05) is 36.4 Å². The van der Waals surface area contributed by atoms with Crippen LogP contribution in [0.5, 0.6) is 0 Å². The normalized spacial score (nSPS) is 34.2. The number of ether oxygens (including phenoxy) is 3. The van der Waals surface area contributed by atoms with Crippen molar-refractivity contribution in [2.45, 2.75) is 24.6 Å². The van der Waals surface area contributed by atoms with E-state index in [2.05, 4.69) is 0 Å². The minimum absolute atomic E-state index is 0.148. The molecule has 0 amide bonds. The highest BCUT2D eigenvalue weighted by atomic mass is 16.9. The average Bonchev–Trinajstić information content (AvgIpc) is 2.97. The van der Waals surface area contributed by atoms with Gasteiger partial charge >= 0.3 is 5.97 Å². The molecule has 1 saturated heterocycles. The Balaban J connectivity index is 1.93. The van der Waals surface area contributed by atoms with Crippen LogP contribution in [0.25, 0.3) is 0 Å². The Morgan fingerprint density at radius 3 is 2.78 bits per heavy atom. The van der Waals surface area contributed by atoms with Crippen LogP contribution in [-0.2, 0) is 25.0 Å². The maximum Gasteiger partial charge on any atom is 0.312 e. The van der Waals surface area contributed by atoms with Gasteiger partial charge in [0.25, 0.3) is 0 Å². The van der Waals surface area contributed by atoms with Crippen LogP contribution in [-0.4, -0.2) is 25.6 Å². The minimum Gasteiger partial charge on any atom is -0.327 e. The number of hydrogen-bond donors (Lipinski definition) is 0. The molecule has 3 atom stereocenters. The molecule has 0 radical (unpaired) electrons. The van der Waals surface area contributed by atoms with E-state index in [4.69, 9.17) is 14.2 Å². The highest BCUT2D eigenvalue weighted by Crippen LogP contribution is 2.43. The van der Waals surface area contributed by atoms with E-state index in [0.717, 1.165) is 11.8 Å². The third-order valence-electron chi connectivity index (χ3n) is 3.37. The van der Waals surface area contributed by atoms with Crippen LogP contribution in [0.1, 0.15) is 12.0 Å². The molecule has 4 heteroatoms. The van der Waals surface area contributed by atoms with E-state index >= 15 is 0 Å². The zero-order valence-corrected chi connectivity index (χ0v) is 10.0. The van der Waals surface area contributed by atoms with E-state index in [1.54, 1.807) is 7.11 Å². The number of benzene rings is 1. The van der Waals surface area contributed by atoms with Gasteiger partial charge in [0.15, 0.2) is 0 Å². The van der Waals surface area contributed by atoms with Crippen LogP contribution in [0.3, 0.4) is 0 Å². The molecule has 3 unspecified atom stereocenters. The third-order valence-corrected chi connectivity index (χ3v) is 3.37. The quantitative estimate of drug-likeness (QED) is 0.762. The molecule has 18 heavy (non-hydrogen) atoms. The third kappa shape index (κ3) is 1.61. The Kier molecular flexibility index (Phi) is 2.78. The summed E-state index contributed by atoms with van der Waals surface area (Å²) in [6.07, 6.45) is 2.88. The Bertz CT molecular complexity index is 482. The molecule has 1 aliphatic carbocycles. The number of methoxy groups -OCH3 is 1. The Morgan fingerprint density at radius 2 is 2.11 bits per heavy atom. The molecule has 0 N–H and O–H groups in total. The summed E-state index contributed by atoms with van der Waals surface area (Å²) < 4.78 is 17.2. The fraction of sp³-hybridized carbons (Fsp3) is 0.357. The van der Waals surface area contributed by atoms with Gasteiger partial charge < -0.3 is 14.2 Å². The fourth-order valence-electron chi connectivity index (χ4n) is 2.46. The topological polar surface area (TPSA) is 44.8 Å². The van der Waals surface area contributed by atoms with Gasteiger partial charge in [0, 0.05) is 18.2 Å². The number of carbonyl (C=O) groups is 1. The van der Waals surface area contributed by atoms with Crippen molar-refractivity contribution in [2.75, 3.05) is 7.11 Å². The zero-order chi connectivity index (χ0) is 12.6. The molecule has 1 aromatic carbocycles. The highest BCUT2D eigenvalue weighted by Gasteiger charge is 2.52. The second-order valence-electron chi connectivity index (χ2n) is 4.38. The van der Waals surface area contributed by atoms with Crippen LogP contribution in [0.2, 0.25) is 0 Å². The monoisotopic (exact) mass is 246 g/mol. The lowest BCUT2D eigenvalue weighted by molar-refractivity contribution is -0.342. The highest BCUT2D eigenvalue weighted by molar-refractivity contribution is 5.76. The number of carbonyl (C=O) groups excluding carboxylic acids is 1. The van der Waals surface area contributed by atoms with Crippen molar-refractivity contribution >= 4 is 6.29 Å². The summed E-state index contributed by atoms with van der Waals surface area (Å²) in [5, 5.41) is 0. The van der Waals surface area contributed by atoms with Gasteiger partial charge in [0.05, 0.1) is 6.10 Å². The van der Waals surface area contributed by atoms with Crippen LogP contribution in [0.4, 0.5) is 0 Å². The molecule has 0 bridgehead atoms. The lowest BCUT2D eigenvalue weighted by Gasteiger charge is -2.26. The van der Waals surface area contributed by atoms with Gasteiger partial charge in [-0.2, -0.15) is 0 Å². The lowest BCUT2D eigenvalue weighted by atomic mass is 10.2. The summed E-state index contributed by atoms with van der Waals surface area (Å²) in [6, 6.07) is 9.48. The maximum absolute atomic E-state index is 10.9. The van der Waals surface area contributed by atoms with Gasteiger partial charge in [0.1, 0.15) is 12.4 Å². The van der Waals surface area contributed by atoms with Crippen molar-refractivity contribution < 1.29 is 19.0 Å². The molecule has 2 aliphatic rings. The van der Waals surface area contributed by atoms with Crippen LogP contribution in [0.15, 0.2) is 42.0 Å². The SMILES string of the molecule is COC1(c2ccccc2)OC2CC=C(C=O)C2O1. The number of fused-ring (bicyclic) bond motifs is 1. The van der Waals surface area contributed by atoms with Gasteiger partial charge in [-0.15, -0.1) is 0 Å². The molecule has 0 aromatic heterocycles. The first-order valence-corrected chi connectivity index (χ1v) is 5.90. The molecule has 1 fully saturated rings. The van der Waals surface area contributed by atoms with E-state index in [0.29, 0.717) is 12.0 Å². The summed E-state index contributed by atoms with van der Waals surface area (Å²) in [6.45, 7) is 0. The number of rotatable bonds is 3. The van der Waals surface area contributed by atoms with Crippen molar-refractivity contribution in [3.63, 3.8) is 0 Å². The summed E-state index contributed by atoms with van der Waals surface area (Å²) in [4.78, 5) is 10.9. The molecule has 94 valence electrons. The number of hydrogen-bond acceptors (Lipinski definition) is 4. The van der Waals surface area contributed by atoms with E-state index in [9.17, 15) is 4.79 Å².